The molecule has 3 rings (SSSR count). The molecule has 3 saturated carbocycles. The molecule has 0 aromatic heterocycles. The quantitative estimate of drug-likeness (QED) is 0.401. The van der Waals surface area contributed by atoms with Crippen LogP contribution >= 0.6 is 0 Å². The molecule has 0 aliphatic heterocycles. The zero-order valence-corrected chi connectivity index (χ0v) is 22.7. The van der Waals surface area contributed by atoms with E-state index in [0.717, 1.165) is 43.1 Å². The molecule has 3 aliphatic carbocycles. The molecule has 0 saturated heterocycles. The fourth-order valence-corrected chi connectivity index (χ4v) is 5.97. The van der Waals surface area contributed by atoms with Gasteiger partial charge in [-0.25, -0.2) is 0 Å². The van der Waals surface area contributed by atoms with Crippen molar-refractivity contribution in [2.75, 3.05) is 6.67 Å². The molecule has 2 heteroatoms. The molecule has 188 valence electrons. The van der Waals surface area contributed by atoms with Crippen molar-refractivity contribution in [2.24, 2.45) is 23.0 Å². The third-order valence-electron chi connectivity index (χ3n) is 7.67. The summed E-state index contributed by atoms with van der Waals surface area (Å²) in [6.07, 6.45) is 19.2. The molecule has 4 unspecified atom stereocenters. The van der Waals surface area contributed by atoms with E-state index in [2.05, 4.69) is 25.7 Å². The van der Waals surface area contributed by atoms with Gasteiger partial charge in [-0.15, -0.1) is 0 Å². The summed E-state index contributed by atoms with van der Waals surface area (Å²) in [6, 6.07) is 0.158. The highest BCUT2D eigenvalue weighted by molar-refractivity contribution is 5.38. The lowest BCUT2D eigenvalue weighted by molar-refractivity contribution is 0.127. The molecule has 0 aromatic carbocycles. The van der Waals surface area contributed by atoms with Crippen LogP contribution in [0, 0.1) is 17.3 Å². The number of unbranched alkanes of at least 4 members (excludes halogenated alkanes) is 2. The van der Waals surface area contributed by atoms with Gasteiger partial charge in [-0.1, -0.05) is 85.6 Å². The zero-order valence-electron chi connectivity index (χ0n) is 22.7. The van der Waals surface area contributed by atoms with Crippen molar-refractivity contribution in [3.63, 3.8) is 0 Å². The molecule has 0 radical (unpaired) electrons. The summed E-state index contributed by atoms with van der Waals surface area (Å²) in [5, 5.41) is 0. The molecule has 4 atom stereocenters. The number of fused-ring (bicyclic) bond motifs is 1. The Hall–Kier alpha value is -0.890. The molecule has 2 N–H and O–H groups in total. The molecular weight excluding hydrogens is 393 g/mol. The Labute approximate surface area is 201 Å². The van der Waals surface area contributed by atoms with Gasteiger partial charge in [0.1, 0.15) is 0 Å². The van der Waals surface area contributed by atoms with Gasteiger partial charge in [0.05, 0.1) is 6.67 Å². The van der Waals surface area contributed by atoms with Crippen LogP contribution in [0.2, 0.25) is 0 Å². The lowest BCUT2D eigenvalue weighted by Crippen LogP contribution is -2.33. The average molecular weight is 450 g/mol. The van der Waals surface area contributed by atoms with Crippen LogP contribution < -0.4 is 5.73 Å². The Kier molecular flexibility index (Phi) is 17.1. The summed E-state index contributed by atoms with van der Waals surface area (Å²) in [5.41, 5.74) is 10.9. The number of nitrogens with two attached hydrogens (primary N) is 1. The van der Waals surface area contributed by atoms with Gasteiger partial charge in [0.25, 0.3) is 0 Å². The Bertz CT molecular complexity index is 561. The largest absolute Gasteiger partial charge is 0.324 e. The van der Waals surface area contributed by atoms with E-state index in [1.807, 2.05) is 41.5 Å². The van der Waals surface area contributed by atoms with Gasteiger partial charge in [-0.2, -0.15) is 0 Å². The molecule has 0 amide bonds. The summed E-state index contributed by atoms with van der Waals surface area (Å²) < 4.78 is 12.4. The SMILES string of the molecule is C=C1/C(=C\C=C2/CCCC3(C)C(CCCCCF)CCC23)CCCC1N.CC.CC.CC. The highest BCUT2D eigenvalue weighted by atomic mass is 19.1. The minimum Gasteiger partial charge on any atom is -0.324 e. The smallest absolute Gasteiger partial charge is 0.0894 e. The maximum absolute atomic E-state index is 12.4. The molecule has 1 nitrogen and oxygen atoms in total. The first-order chi connectivity index (χ1) is 15.6. The summed E-state index contributed by atoms with van der Waals surface area (Å²) in [7, 11) is 0. The monoisotopic (exact) mass is 449 g/mol. The van der Waals surface area contributed by atoms with Crippen molar-refractivity contribution in [3.8, 4) is 0 Å². The van der Waals surface area contributed by atoms with Crippen molar-refractivity contribution in [1.29, 1.82) is 0 Å². The van der Waals surface area contributed by atoms with E-state index >= 15 is 0 Å². The third-order valence-corrected chi connectivity index (χ3v) is 7.67. The van der Waals surface area contributed by atoms with Crippen LogP contribution in [0.25, 0.3) is 0 Å². The first-order valence-corrected chi connectivity index (χ1v) is 14.0. The van der Waals surface area contributed by atoms with Crippen molar-refractivity contribution in [2.45, 2.75) is 132 Å². The zero-order chi connectivity index (χ0) is 24.6. The molecule has 32 heavy (non-hydrogen) atoms. The molecule has 0 heterocycles. The highest BCUT2D eigenvalue weighted by Gasteiger charge is 2.48. The second-order valence-electron chi connectivity index (χ2n) is 9.18. The maximum atomic E-state index is 12.4. The van der Waals surface area contributed by atoms with Crippen molar-refractivity contribution >= 4 is 0 Å². The fourth-order valence-electron chi connectivity index (χ4n) is 5.97. The summed E-state index contributed by atoms with van der Waals surface area (Å²) in [5.74, 6) is 1.59. The molecule has 3 fully saturated rings. The van der Waals surface area contributed by atoms with E-state index < -0.39 is 0 Å². The molecule has 0 aromatic rings. The van der Waals surface area contributed by atoms with E-state index in [-0.39, 0.29) is 12.7 Å². The molecule has 3 aliphatic rings. The standard InChI is InChI=1S/C24H38FN.3C2H6/c1-18-19(8-6-11-23(18)26)12-13-20-9-7-16-24(2)21(14-15-22(20)24)10-4-3-5-17-25;3*1-2/h12-13,21-23H,1,3-11,14-17,26H2,2H3;3*1-2H3/b19-12-,20-13+;;;. The maximum Gasteiger partial charge on any atom is 0.0894 e. The van der Waals surface area contributed by atoms with Crippen LogP contribution in [0.15, 0.2) is 35.5 Å². The number of hydrogen-bond acceptors (Lipinski definition) is 1. The van der Waals surface area contributed by atoms with Gasteiger partial charge in [-0.05, 0) is 92.6 Å². The van der Waals surface area contributed by atoms with Crippen LogP contribution in [-0.2, 0) is 0 Å². The number of allylic oxidation sites excluding steroid dienone is 3. The summed E-state index contributed by atoms with van der Waals surface area (Å²) in [4.78, 5) is 0. The third kappa shape index (κ3) is 8.47. The van der Waals surface area contributed by atoms with Gasteiger partial charge in [0.2, 0.25) is 0 Å². The number of rotatable bonds is 6. The lowest BCUT2D eigenvalue weighted by Gasteiger charge is -2.42. The lowest BCUT2D eigenvalue weighted by atomic mass is 9.62. The van der Waals surface area contributed by atoms with Crippen LogP contribution in [0.5, 0.6) is 0 Å². The van der Waals surface area contributed by atoms with Gasteiger partial charge in [0.15, 0.2) is 0 Å². The van der Waals surface area contributed by atoms with E-state index in [1.54, 1.807) is 5.57 Å². The van der Waals surface area contributed by atoms with Crippen LogP contribution in [0.3, 0.4) is 0 Å². The van der Waals surface area contributed by atoms with Gasteiger partial charge in [0, 0.05) is 6.04 Å². The first-order valence-electron chi connectivity index (χ1n) is 14.0. The summed E-state index contributed by atoms with van der Waals surface area (Å²) >= 11 is 0. The van der Waals surface area contributed by atoms with Crippen LogP contribution in [-0.4, -0.2) is 12.7 Å². The highest BCUT2D eigenvalue weighted by Crippen LogP contribution is 2.58. The average Bonchev–Trinajstić information content (AvgIpc) is 3.18. The first kappa shape index (κ1) is 31.1. The topological polar surface area (TPSA) is 26.0 Å². The molecule has 0 spiro atoms. The Morgan fingerprint density at radius 3 is 2.28 bits per heavy atom. The fraction of sp³-hybridized carbons (Fsp3) is 0.800. The number of hydrogen-bond donors (Lipinski definition) is 1. The minimum absolute atomic E-state index is 0.152. The van der Waals surface area contributed by atoms with Gasteiger partial charge < -0.3 is 5.73 Å². The minimum atomic E-state index is -0.152. The van der Waals surface area contributed by atoms with E-state index in [9.17, 15) is 4.39 Å². The van der Waals surface area contributed by atoms with E-state index in [4.69, 9.17) is 5.73 Å². The van der Waals surface area contributed by atoms with Gasteiger partial charge in [-0.3, -0.25) is 4.39 Å². The van der Waals surface area contributed by atoms with Gasteiger partial charge >= 0.3 is 0 Å². The number of halogens is 1. The van der Waals surface area contributed by atoms with Crippen molar-refractivity contribution in [1.82, 2.24) is 0 Å². The van der Waals surface area contributed by atoms with E-state index in [0.29, 0.717) is 5.41 Å². The van der Waals surface area contributed by atoms with Crippen molar-refractivity contribution < 1.29 is 4.39 Å². The Morgan fingerprint density at radius 1 is 0.938 bits per heavy atom. The second-order valence-corrected chi connectivity index (χ2v) is 9.18. The summed E-state index contributed by atoms with van der Waals surface area (Å²) in [6.45, 7) is 18.6. The van der Waals surface area contributed by atoms with Crippen LogP contribution in [0.4, 0.5) is 4.39 Å². The Balaban J connectivity index is 0.00000148. The molecule has 0 bridgehead atoms. The molecular formula is C30H56FN. The predicted molar refractivity (Wildman–Crippen MR) is 144 cm³/mol. The van der Waals surface area contributed by atoms with Crippen LogP contribution in [0.1, 0.15) is 126 Å². The number of alkyl halides is 1. The normalized spacial score (nSPS) is 31.5. The predicted octanol–water partition coefficient (Wildman–Crippen LogP) is 9.73. The Morgan fingerprint density at radius 2 is 1.62 bits per heavy atom. The van der Waals surface area contributed by atoms with Crippen molar-refractivity contribution in [3.05, 3.63) is 35.5 Å². The second kappa shape index (κ2) is 17.6. The van der Waals surface area contributed by atoms with E-state index in [1.165, 1.54) is 56.9 Å².